The minimum atomic E-state index is -4.02. The number of imidazole rings is 1. The van der Waals surface area contributed by atoms with E-state index in [-0.39, 0.29) is 36.8 Å². The number of nitrogens with one attached hydrogen (secondary N) is 3. The van der Waals surface area contributed by atoms with Crippen molar-refractivity contribution in [3.8, 4) is 5.75 Å². The standard InChI is InChI=1S/C23H35N5O7S/c1-15(2)9-20(22(30)26-17(13-29)10-16-11-24-14-25-16)21(23(31)27-32)12-28(3)36(33,34)19-7-5-18(35-4)6-8-19/h5-8,11,14-15,17,20-21,29,32H,9-10,12-13H2,1-4H3,(H,24,25)(H,26,30)(H,27,31)/t17-,20+,21-/m0/s1. The van der Waals surface area contributed by atoms with Gasteiger partial charge in [0.1, 0.15) is 5.75 Å². The summed E-state index contributed by atoms with van der Waals surface area (Å²) in [5, 5.41) is 21.9. The van der Waals surface area contributed by atoms with Crippen LogP contribution in [0.4, 0.5) is 0 Å². The van der Waals surface area contributed by atoms with Crippen molar-refractivity contribution in [3.05, 3.63) is 42.5 Å². The number of hydrogen-bond acceptors (Lipinski definition) is 8. The first kappa shape index (κ1) is 29.2. The number of H-pyrrole nitrogens is 1. The zero-order valence-electron chi connectivity index (χ0n) is 20.8. The van der Waals surface area contributed by atoms with E-state index < -0.39 is 39.7 Å². The number of ether oxygens (including phenoxy) is 1. The van der Waals surface area contributed by atoms with Gasteiger partial charge in [0.25, 0.3) is 0 Å². The number of rotatable bonds is 14. The molecule has 0 aliphatic rings. The summed E-state index contributed by atoms with van der Waals surface area (Å²) >= 11 is 0. The number of hydrogen-bond donors (Lipinski definition) is 5. The highest BCUT2D eigenvalue weighted by atomic mass is 32.2. The smallest absolute Gasteiger partial charge is 0.248 e. The van der Waals surface area contributed by atoms with E-state index in [2.05, 4.69) is 15.3 Å². The maximum absolute atomic E-state index is 13.3. The van der Waals surface area contributed by atoms with Crippen LogP contribution in [-0.2, 0) is 26.0 Å². The number of aromatic nitrogens is 2. The van der Waals surface area contributed by atoms with Gasteiger partial charge in [0, 0.05) is 31.9 Å². The largest absolute Gasteiger partial charge is 0.497 e. The van der Waals surface area contributed by atoms with Crippen molar-refractivity contribution in [1.82, 2.24) is 25.1 Å². The predicted octanol–water partition coefficient (Wildman–Crippen LogP) is 0.543. The Bertz CT molecular complexity index is 1070. The molecule has 0 spiro atoms. The van der Waals surface area contributed by atoms with E-state index in [0.717, 1.165) is 4.31 Å². The molecule has 1 heterocycles. The van der Waals surface area contributed by atoms with Crippen molar-refractivity contribution in [3.63, 3.8) is 0 Å². The molecule has 2 aromatic rings. The van der Waals surface area contributed by atoms with E-state index in [1.165, 1.54) is 44.8 Å². The molecule has 0 bridgehead atoms. The van der Waals surface area contributed by atoms with Crippen LogP contribution in [0.3, 0.4) is 0 Å². The van der Waals surface area contributed by atoms with Crippen molar-refractivity contribution < 1.29 is 33.1 Å². The number of carbonyl (C=O) groups excluding carboxylic acids is 2. The van der Waals surface area contributed by atoms with Crippen molar-refractivity contribution in [2.24, 2.45) is 17.8 Å². The van der Waals surface area contributed by atoms with Crippen LogP contribution in [0.15, 0.2) is 41.7 Å². The SMILES string of the molecule is COc1ccc(S(=O)(=O)N(C)C[C@H](C(=O)NO)[C@@H](CC(C)C)C(=O)N[C@H](CO)Cc2cnc[nH]2)cc1. The molecule has 3 atom stereocenters. The second-order valence-electron chi connectivity index (χ2n) is 8.95. The number of nitrogens with zero attached hydrogens (tertiary/aromatic N) is 2. The zero-order chi connectivity index (χ0) is 26.9. The molecule has 0 unspecified atom stereocenters. The fourth-order valence-corrected chi connectivity index (χ4v) is 5.07. The topological polar surface area (TPSA) is 174 Å². The normalized spacial score (nSPS) is 14.3. The summed E-state index contributed by atoms with van der Waals surface area (Å²) in [5.74, 6) is -3.16. The molecule has 0 aliphatic carbocycles. The van der Waals surface area contributed by atoms with Gasteiger partial charge in [0.2, 0.25) is 21.8 Å². The van der Waals surface area contributed by atoms with Gasteiger partial charge in [0.15, 0.2) is 0 Å². The lowest BCUT2D eigenvalue weighted by molar-refractivity contribution is -0.141. The first-order valence-corrected chi connectivity index (χ1v) is 12.9. The molecule has 13 heteroatoms. The Morgan fingerprint density at radius 2 is 1.83 bits per heavy atom. The monoisotopic (exact) mass is 525 g/mol. The number of hydroxylamine groups is 1. The average Bonchev–Trinajstić information content (AvgIpc) is 3.37. The number of methoxy groups -OCH3 is 1. The van der Waals surface area contributed by atoms with Crippen LogP contribution in [0.1, 0.15) is 26.0 Å². The summed E-state index contributed by atoms with van der Waals surface area (Å²) in [6.07, 6.45) is 3.57. The third-order valence-electron chi connectivity index (χ3n) is 5.80. The van der Waals surface area contributed by atoms with Crippen molar-refractivity contribution in [2.75, 3.05) is 27.3 Å². The highest BCUT2D eigenvalue weighted by Crippen LogP contribution is 2.26. The minimum Gasteiger partial charge on any atom is -0.497 e. The van der Waals surface area contributed by atoms with Gasteiger partial charge in [-0.05, 0) is 36.6 Å². The maximum atomic E-state index is 13.3. The van der Waals surface area contributed by atoms with Gasteiger partial charge in [0.05, 0.1) is 42.8 Å². The lowest BCUT2D eigenvalue weighted by Gasteiger charge is -2.30. The second-order valence-corrected chi connectivity index (χ2v) is 11.0. The second kappa shape index (κ2) is 13.3. The highest BCUT2D eigenvalue weighted by Gasteiger charge is 2.38. The Kier molecular flexibility index (Phi) is 10.8. The van der Waals surface area contributed by atoms with Crippen molar-refractivity contribution in [2.45, 2.75) is 37.6 Å². The Hall–Kier alpha value is -3.00. The van der Waals surface area contributed by atoms with Gasteiger partial charge < -0.3 is 20.1 Å². The molecule has 0 aliphatic heterocycles. The van der Waals surface area contributed by atoms with Gasteiger partial charge in [-0.1, -0.05) is 13.8 Å². The number of aliphatic hydroxyl groups excluding tert-OH is 1. The van der Waals surface area contributed by atoms with Crippen LogP contribution in [0.5, 0.6) is 5.75 Å². The molecule has 1 aromatic heterocycles. The van der Waals surface area contributed by atoms with Gasteiger partial charge in [-0.2, -0.15) is 0 Å². The van der Waals surface area contributed by atoms with E-state index in [1.807, 2.05) is 13.8 Å². The van der Waals surface area contributed by atoms with E-state index in [1.54, 1.807) is 11.7 Å². The molecule has 1 aromatic carbocycles. The van der Waals surface area contributed by atoms with Gasteiger partial charge in [-0.15, -0.1) is 0 Å². The average molecular weight is 526 g/mol. The quantitative estimate of drug-likeness (QED) is 0.175. The van der Waals surface area contributed by atoms with Gasteiger partial charge >= 0.3 is 0 Å². The van der Waals surface area contributed by atoms with E-state index in [0.29, 0.717) is 11.4 Å². The number of aliphatic hydroxyl groups is 1. The number of benzene rings is 1. The fourth-order valence-electron chi connectivity index (χ4n) is 3.87. The molecule has 2 amide bonds. The summed E-state index contributed by atoms with van der Waals surface area (Å²) in [5.41, 5.74) is 2.27. The van der Waals surface area contributed by atoms with Crippen LogP contribution in [0.25, 0.3) is 0 Å². The Morgan fingerprint density at radius 3 is 2.33 bits per heavy atom. The van der Waals surface area contributed by atoms with E-state index >= 15 is 0 Å². The first-order valence-electron chi connectivity index (χ1n) is 11.5. The lowest BCUT2D eigenvalue weighted by Crippen LogP contribution is -2.50. The molecule has 0 saturated carbocycles. The molecular formula is C23H35N5O7S. The first-order chi connectivity index (χ1) is 17.0. The minimum absolute atomic E-state index is 0.0151. The van der Waals surface area contributed by atoms with Crippen LogP contribution in [0, 0.1) is 17.8 Å². The van der Waals surface area contributed by atoms with Crippen molar-refractivity contribution >= 4 is 21.8 Å². The van der Waals surface area contributed by atoms with Crippen LogP contribution in [0.2, 0.25) is 0 Å². The molecule has 200 valence electrons. The molecule has 12 nitrogen and oxygen atoms in total. The van der Waals surface area contributed by atoms with Crippen molar-refractivity contribution in [1.29, 1.82) is 0 Å². The summed E-state index contributed by atoms with van der Waals surface area (Å²) in [7, 11) is -1.25. The third kappa shape index (κ3) is 7.75. The van der Waals surface area contributed by atoms with Crippen LogP contribution >= 0.6 is 0 Å². The molecule has 5 N–H and O–H groups in total. The number of sulfonamides is 1. The molecule has 0 saturated heterocycles. The summed E-state index contributed by atoms with van der Waals surface area (Å²) < 4.78 is 32.3. The number of carbonyl (C=O) groups is 2. The maximum Gasteiger partial charge on any atom is 0.248 e. The fraction of sp³-hybridized carbons (Fsp3) is 0.522. The number of aromatic amines is 1. The third-order valence-corrected chi connectivity index (χ3v) is 7.64. The number of amides is 2. The van der Waals surface area contributed by atoms with E-state index in [9.17, 15) is 28.3 Å². The molecule has 36 heavy (non-hydrogen) atoms. The highest BCUT2D eigenvalue weighted by molar-refractivity contribution is 7.89. The Labute approximate surface area is 211 Å². The zero-order valence-corrected chi connectivity index (χ0v) is 21.7. The Morgan fingerprint density at radius 1 is 1.17 bits per heavy atom. The lowest BCUT2D eigenvalue weighted by atomic mass is 9.83. The van der Waals surface area contributed by atoms with Crippen LogP contribution in [-0.4, -0.2) is 78.2 Å². The van der Waals surface area contributed by atoms with Gasteiger partial charge in [-0.25, -0.2) is 23.2 Å². The molecule has 0 radical (unpaired) electrons. The van der Waals surface area contributed by atoms with E-state index in [4.69, 9.17) is 4.74 Å². The summed E-state index contributed by atoms with van der Waals surface area (Å²) in [6, 6.07) is 5.10. The molecule has 2 rings (SSSR count). The Balaban J connectivity index is 2.29. The predicted molar refractivity (Wildman–Crippen MR) is 130 cm³/mol. The van der Waals surface area contributed by atoms with Crippen LogP contribution < -0.4 is 15.5 Å². The summed E-state index contributed by atoms with van der Waals surface area (Å²) in [6.45, 7) is 3.00. The summed E-state index contributed by atoms with van der Waals surface area (Å²) in [4.78, 5) is 32.8. The van der Waals surface area contributed by atoms with Gasteiger partial charge in [-0.3, -0.25) is 14.8 Å². The molecule has 0 fully saturated rings. The molecular weight excluding hydrogens is 490 g/mol.